The summed E-state index contributed by atoms with van der Waals surface area (Å²) in [5.41, 5.74) is 1.60. The van der Waals surface area contributed by atoms with Gasteiger partial charge in [0.15, 0.2) is 0 Å². The number of allylic oxidation sites excluding steroid dienone is 1. The first-order valence-corrected chi connectivity index (χ1v) is 6.61. The SMILES string of the molecule is CCNC(C1=CCCC1)c1ccc(C)s1. The number of rotatable bonds is 4. The zero-order valence-electron chi connectivity index (χ0n) is 9.55. The molecule has 1 heterocycles. The van der Waals surface area contributed by atoms with Gasteiger partial charge in [-0.05, 0) is 44.9 Å². The van der Waals surface area contributed by atoms with Gasteiger partial charge in [-0.3, -0.25) is 0 Å². The minimum absolute atomic E-state index is 0.483. The first-order chi connectivity index (χ1) is 7.31. The summed E-state index contributed by atoms with van der Waals surface area (Å²) >= 11 is 1.92. The molecule has 2 rings (SSSR count). The third-order valence-electron chi connectivity index (χ3n) is 2.90. The van der Waals surface area contributed by atoms with Crippen LogP contribution in [0.25, 0.3) is 0 Å². The third kappa shape index (κ3) is 2.50. The third-order valence-corrected chi connectivity index (χ3v) is 3.97. The average molecular weight is 221 g/mol. The first kappa shape index (κ1) is 10.9. The van der Waals surface area contributed by atoms with Crippen molar-refractivity contribution in [3.8, 4) is 0 Å². The van der Waals surface area contributed by atoms with E-state index in [2.05, 4.69) is 37.4 Å². The van der Waals surface area contributed by atoms with Crippen LogP contribution in [0, 0.1) is 6.92 Å². The van der Waals surface area contributed by atoms with Crippen LogP contribution in [0.5, 0.6) is 0 Å². The molecule has 1 aliphatic rings. The zero-order chi connectivity index (χ0) is 10.7. The highest BCUT2D eigenvalue weighted by molar-refractivity contribution is 7.12. The molecule has 0 radical (unpaired) electrons. The minimum Gasteiger partial charge on any atom is -0.306 e. The highest BCUT2D eigenvalue weighted by Crippen LogP contribution is 2.33. The summed E-state index contributed by atoms with van der Waals surface area (Å²) < 4.78 is 0. The Balaban J connectivity index is 2.18. The summed E-state index contributed by atoms with van der Waals surface area (Å²) in [6.07, 6.45) is 6.29. The maximum Gasteiger partial charge on any atom is 0.0630 e. The van der Waals surface area contributed by atoms with E-state index in [0.717, 1.165) is 6.54 Å². The number of aryl methyl sites for hydroxylation is 1. The van der Waals surface area contributed by atoms with Crippen LogP contribution in [0.1, 0.15) is 42.0 Å². The second kappa shape index (κ2) is 4.95. The molecule has 0 fully saturated rings. The molecule has 0 spiro atoms. The number of likely N-dealkylation sites (N-methyl/N-ethyl adjacent to an activating group) is 1. The molecule has 2 heteroatoms. The van der Waals surface area contributed by atoms with Crippen LogP contribution in [0.4, 0.5) is 0 Å². The van der Waals surface area contributed by atoms with Crippen LogP contribution in [0.2, 0.25) is 0 Å². The standard InChI is InChI=1S/C13H19NS/c1-3-14-13(11-6-4-5-7-11)12-9-8-10(2)15-12/h6,8-9,13-14H,3-5,7H2,1-2H3. The Morgan fingerprint density at radius 2 is 2.33 bits per heavy atom. The fourth-order valence-electron chi connectivity index (χ4n) is 2.19. The summed E-state index contributed by atoms with van der Waals surface area (Å²) in [7, 11) is 0. The predicted octanol–water partition coefficient (Wildman–Crippen LogP) is 3.82. The van der Waals surface area contributed by atoms with Gasteiger partial charge in [0, 0.05) is 9.75 Å². The second-order valence-corrected chi connectivity index (χ2v) is 5.43. The number of hydrogen-bond acceptors (Lipinski definition) is 2. The Morgan fingerprint density at radius 1 is 1.47 bits per heavy atom. The molecule has 0 aromatic carbocycles. The first-order valence-electron chi connectivity index (χ1n) is 5.80. The van der Waals surface area contributed by atoms with Gasteiger partial charge in [0.05, 0.1) is 6.04 Å². The van der Waals surface area contributed by atoms with Gasteiger partial charge in [0.2, 0.25) is 0 Å². The van der Waals surface area contributed by atoms with Gasteiger partial charge in [-0.15, -0.1) is 11.3 Å². The van der Waals surface area contributed by atoms with Gasteiger partial charge < -0.3 is 5.32 Å². The molecule has 82 valence electrons. The topological polar surface area (TPSA) is 12.0 Å². The molecule has 0 saturated heterocycles. The van der Waals surface area contributed by atoms with Gasteiger partial charge in [-0.1, -0.05) is 18.6 Å². The maximum absolute atomic E-state index is 3.60. The normalized spacial score (nSPS) is 17.9. The van der Waals surface area contributed by atoms with Crippen molar-refractivity contribution in [2.75, 3.05) is 6.54 Å². The van der Waals surface area contributed by atoms with E-state index in [1.807, 2.05) is 11.3 Å². The van der Waals surface area contributed by atoms with Crippen molar-refractivity contribution in [1.29, 1.82) is 0 Å². The Hall–Kier alpha value is -0.600. The fourth-order valence-corrected chi connectivity index (χ4v) is 3.18. The van der Waals surface area contributed by atoms with E-state index in [1.165, 1.54) is 29.0 Å². The Bertz CT molecular complexity index is 351. The smallest absolute Gasteiger partial charge is 0.0630 e. The van der Waals surface area contributed by atoms with E-state index in [-0.39, 0.29) is 0 Å². The molecule has 1 aromatic heterocycles. The molecule has 0 aliphatic heterocycles. The van der Waals surface area contributed by atoms with E-state index >= 15 is 0 Å². The lowest BCUT2D eigenvalue weighted by Gasteiger charge is -2.17. The maximum atomic E-state index is 3.60. The Kier molecular flexibility index (Phi) is 3.60. The lowest BCUT2D eigenvalue weighted by Crippen LogP contribution is -2.21. The van der Waals surface area contributed by atoms with E-state index in [1.54, 1.807) is 5.57 Å². The molecule has 1 nitrogen and oxygen atoms in total. The number of thiophene rings is 1. The van der Waals surface area contributed by atoms with E-state index in [4.69, 9.17) is 0 Å². The van der Waals surface area contributed by atoms with Crippen molar-refractivity contribution >= 4 is 11.3 Å². The fraction of sp³-hybridized carbons (Fsp3) is 0.538. The van der Waals surface area contributed by atoms with Crippen LogP contribution in [-0.4, -0.2) is 6.54 Å². The van der Waals surface area contributed by atoms with Gasteiger partial charge in [0.1, 0.15) is 0 Å². The van der Waals surface area contributed by atoms with E-state index in [0.29, 0.717) is 6.04 Å². The monoisotopic (exact) mass is 221 g/mol. The predicted molar refractivity (Wildman–Crippen MR) is 67.4 cm³/mol. The second-order valence-electron chi connectivity index (χ2n) is 4.11. The van der Waals surface area contributed by atoms with Gasteiger partial charge in [-0.25, -0.2) is 0 Å². The number of nitrogens with one attached hydrogen (secondary N) is 1. The Labute approximate surface area is 96.2 Å². The van der Waals surface area contributed by atoms with Crippen molar-refractivity contribution < 1.29 is 0 Å². The quantitative estimate of drug-likeness (QED) is 0.762. The van der Waals surface area contributed by atoms with Crippen molar-refractivity contribution in [1.82, 2.24) is 5.32 Å². The summed E-state index contributed by atoms with van der Waals surface area (Å²) in [5.74, 6) is 0. The minimum atomic E-state index is 0.483. The highest BCUT2D eigenvalue weighted by atomic mass is 32.1. The van der Waals surface area contributed by atoms with Crippen LogP contribution < -0.4 is 5.32 Å². The van der Waals surface area contributed by atoms with Crippen molar-refractivity contribution in [2.24, 2.45) is 0 Å². The van der Waals surface area contributed by atoms with Crippen LogP contribution in [0.3, 0.4) is 0 Å². The number of hydrogen-bond donors (Lipinski definition) is 1. The van der Waals surface area contributed by atoms with Crippen LogP contribution in [-0.2, 0) is 0 Å². The van der Waals surface area contributed by atoms with Crippen molar-refractivity contribution in [3.63, 3.8) is 0 Å². The summed E-state index contributed by atoms with van der Waals surface area (Å²) in [6.45, 7) is 5.40. The van der Waals surface area contributed by atoms with Gasteiger partial charge >= 0.3 is 0 Å². The summed E-state index contributed by atoms with van der Waals surface area (Å²) in [5, 5.41) is 3.60. The average Bonchev–Trinajstić information content (AvgIpc) is 2.85. The molecule has 1 unspecified atom stereocenters. The lowest BCUT2D eigenvalue weighted by molar-refractivity contribution is 0.614. The lowest BCUT2D eigenvalue weighted by atomic mass is 10.1. The molecular formula is C13H19NS. The molecule has 0 saturated carbocycles. The molecular weight excluding hydrogens is 202 g/mol. The molecule has 15 heavy (non-hydrogen) atoms. The van der Waals surface area contributed by atoms with Crippen molar-refractivity contribution in [2.45, 2.75) is 39.2 Å². The molecule has 1 N–H and O–H groups in total. The highest BCUT2D eigenvalue weighted by Gasteiger charge is 2.19. The largest absolute Gasteiger partial charge is 0.306 e. The van der Waals surface area contributed by atoms with Crippen LogP contribution in [0.15, 0.2) is 23.8 Å². The molecule has 1 atom stereocenters. The van der Waals surface area contributed by atoms with Gasteiger partial charge in [-0.2, -0.15) is 0 Å². The van der Waals surface area contributed by atoms with Crippen LogP contribution >= 0.6 is 11.3 Å². The van der Waals surface area contributed by atoms with E-state index < -0.39 is 0 Å². The molecule has 1 aromatic rings. The molecule has 0 amide bonds. The van der Waals surface area contributed by atoms with E-state index in [9.17, 15) is 0 Å². The van der Waals surface area contributed by atoms with Crippen molar-refractivity contribution in [3.05, 3.63) is 33.5 Å². The van der Waals surface area contributed by atoms with Gasteiger partial charge in [0.25, 0.3) is 0 Å². The molecule has 1 aliphatic carbocycles. The molecule has 0 bridgehead atoms. The summed E-state index contributed by atoms with van der Waals surface area (Å²) in [6, 6.07) is 4.97. The summed E-state index contributed by atoms with van der Waals surface area (Å²) in [4.78, 5) is 2.88. The zero-order valence-corrected chi connectivity index (χ0v) is 10.4. The Morgan fingerprint density at radius 3 is 2.87 bits per heavy atom.